The molecule has 9 heteroatoms. The van der Waals surface area contributed by atoms with Gasteiger partial charge in [-0.15, -0.1) is 0 Å². The van der Waals surface area contributed by atoms with Crippen molar-refractivity contribution in [2.24, 2.45) is 0 Å². The molecule has 0 aliphatic heterocycles. The van der Waals surface area contributed by atoms with Crippen molar-refractivity contribution in [1.29, 1.82) is 0 Å². The van der Waals surface area contributed by atoms with Crippen LogP contribution in [-0.2, 0) is 11.5 Å². The van der Waals surface area contributed by atoms with Gasteiger partial charge in [0.2, 0.25) is 0 Å². The Morgan fingerprint density at radius 2 is 2.00 bits per heavy atom. The average molecular weight is 427 g/mol. The van der Waals surface area contributed by atoms with Crippen molar-refractivity contribution in [2.45, 2.75) is 39.3 Å². The van der Waals surface area contributed by atoms with Crippen LogP contribution < -0.4 is 5.32 Å². The number of hydrogen-bond acceptors (Lipinski definition) is 5. The molecule has 8 nitrogen and oxygen atoms in total. The number of hydrogen-bond donors (Lipinski definition) is 2. The first-order valence-corrected chi connectivity index (χ1v) is 13.4. The predicted octanol–water partition coefficient (Wildman–Crippen LogP) is 4.00. The highest BCUT2D eigenvalue weighted by Gasteiger charge is 2.18. The number of carbonyl (C=O) groups excluding carboxylic acids is 1. The number of nitrogens with zero attached hydrogens (tertiary/aromatic N) is 3. The van der Waals surface area contributed by atoms with Crippen molar-refractivity contribution in [3.63, 3.8) is 0 Å². The smallest absolute Gasteiger partial charge is 0.335 e. The van der Waals surface area contributed by atoms with E-state index in [1.54, 1.807) is 29.8 Å². The summed E-state index contributed by atoms with van der Waals surface area (Å²) in [6, 6.07) is 7.44. The zero-order chi connectivity index (χ0) is 21.9. The van der Waals surface area contributed by atoms with E-state index >= 15 is 0 Å². The number of nitrogens with one attached hydrogen (secondary N) is 1. The third-order valence-electron chi connectivity index (χ3n) is 4.70. The van der Waals surface area contributed by atoms with Crippen LogP contribution in [0.5, 0.6) is 0 Å². The first kappa shape index (κ1) is 21.7. The van der Waals surface area contributed by atoms with Crippen LogP contribution in [0.4, 0.5) is 5.69 Å². The topological polar surface area (TPSA) is 106 Å². The van der Waals surface area contributed by atoms with Gasteiger partial charge in [0, 0.05) is 26.3 Å². The predicted molar refractivity (Wildman–Crippen MR) is 118 cm³/mol. The third kappa shape index (κ3) is 5.11. The minimum Gasteiger partial charge on any atom is -0.478 e. The Morgan fingerprint density at radius 3 is 2.70 bits per heavy atom. The quantitative estimate of drug-likeness (QED) is 0.416. The normalized spacial score (nSPS) is 11.6. The number of carboxylic acid groups (broad SMARTS) is 1. The summed E-state index contributed by atoms with van der Waals surface area (Å²) in [4.78, 5) is 33.0. The second-order valence-corrected chi connectivity index (χ2v) is 13.9. The molecule has 0 spiro atoms. The highest BCUT2D eigenvalue weighted by molar-refractivity contribution is 6.76. The summed E-state index contributed by atoms with van der Waals surface area (Å²) in [6.07, 6.45) is 3.09. The van der Waals surface area contributed by atoms with E-state index in [2.05, 4.69) is 34.9 Å². The van der Waals surface area contributed by atoms with Gasteiger partial charge in [-0.25, -0.2) is 9.78 Å². The number of fused-ring (bicyclic) bond motifs is 1. The van der Waals surface area contributed by atoms with Gasteiger partial charge in [-0.05, 0) is 31.2 Å². The van der Waals surface area contributed by atoms with Crippen molar-refractivity contribution in [3.8, 4) is 0 Å². The minimum absolute atomic E-state index is 0.0742. The molecule has 1 aromatic carbocycles. The second-order valence-electron chi connectivity index (χ2n) is 8.32. The van der Waals surface area contributed by atoms with Crippen LogP contribution in [0.3, 0.4) is 0 Å². The molecule has 0 aliphatic rings. The maximum absolute atomic E-state index is 13.0. The summed E-state index contributed by atoms with van der Waals surface area (Å²) < 4.78 is 7.49. The molecule has 2 heterocycles. The van der Waals surface area contributed by atoms with Gasteiger partial charge < -0.3 is 15.2 Å². The molecule has 0 atom stereocenters. The van der Waals surface area contributed by atoms with Crippen LogP contribution >= 0.6 is 0 Å². The number of pyridine rings is 1. The van der Waals surface area contributed by atoms with Gasteiger partial charge in [0.15, 0.2) is 0 Å². The van der Waals surface area contributed by atoms with Crippen molar-refractivity contribution in [1.82, 2.24) is 14.5 Å². The number of carboxylic acids is 1. The van der Waals surface area contributed by atoms with E-state index < -0.39 is 20.0 Å². The summed E-state index contributed by atoms with van der Waals surface area (Å²) in [6.45, 7) is 9.50. The lowest BCUT2D eigenvalue weighted by Gasteiger charge is -2.16. The molecular weight excluding hydrogens is 400 g/mol. The number of amides is 1. The van der Waals surface area contributed by atoms with E-state index in [4.69, 9.17) is 4.74 Å². The number of rotatable bonds is 8. The molecular formula is C21H26N4O4Si. The molecule has 158 valence electrons. The maximum Gasteiger partial charge on any atom is 0.335 e. The van der Waals surface area contributed by atoms with E-state index in [-0.39, 0.29) is 12.3 Å². The summed E-state index contributed by atoms with van der Waals surface area (Å²) in [5, 5.41) is 12.8. The van der Waals surface area contributed by atoms with E-state index in [9.17, 15) is 14.7 Å². The van der Waals surface area contributed by atoms with Gasteiger partial charge in [-0.1, -0.05) is 25.7 Å². The number of aromatic nitrogens is 3. The van der Waals surface area contributed by atoms with E-state index in [1.807, 2.05) is 0 Å². The van der Waals surface area contributed by atoms with E-state index in [0.29, 0.717) is 34.7 Å². The number of imidazole rings is 1. The zero-order valence-corrected chi connectivity index (χ0v) is 18.6. The largest absolute Gasteiger partial charge is 0.478 e. The summed E-state index contributed by atoms with van der Waals surface area (Å²) in [7, 11) is -1.20. The molecule has 3 aromatic rings. The Morgan fingerprint density at radius 1 is 1.23 bits per heavy atom. The number of anilines is 1. The summed E-state index contributed by atoms with van der Waals surface area (Å²) >= 11 is 0. The van der Waals surface area contributed by atoms with Crippen LogP contribution in [0.1, 0.15) is 26.7 Å². The fraction of sp³-hybridized carbons (Fsp3) is 0.333. The molecule has 0 aliphatic carbocycles. The maximum atomic E-state index is 13.0. The fourth-order valence-corrected chi connectivity index (χ4v) is 3.70. The third-order valence-corrected chi connectivity index (χ3v) is 6.41. The Balaban J connectivity index is 1.83. The molecule has 0 saturated heterocycles. The van der Waals surface area contributed by atoms with Gasteiger partial charge in [0.25, 0.3) is 5.91 Å². The number of aromatic carboxylic acids is 1. The number of ether oxygens (including phenoxy) is 1. The van der Waals surface area contributed by atoms with Gasteiger partial charge in [0.05, 0.1) is 23.0 Å². The Labute approximate surface area is 175 Å². The van der Waals surface area contributed by atoms with Crippen molar-refractivity contribution in [3.05, 3.63) is 53.7 Å². The Kier molecular flexibility index (Phi) is 6.33. The Bertz CT molecular complexity index is 1090. The summed E-state index contributed by atoms with van der Waals surface area (Å²) in [5.41, 5.74) is 1.26. The standard InChI is InChI=1S/C21H26N4O4Si/c1-14-23-12-18(25(14)13-29-8-9-30(2,3)4)20(26)24-17-11-16(21(27)28)10-15-6-5-7-22-19(15)17/h5-7,10-12H,8-9,13H2,1-4H3,(H,24,26)(H,27,28). The molecule has 3 rings (SSSR count). The minimum atomic E-state index is -1.20. The van der Waals surface area contributed by atoms with Gasteiger partial charge in [0.1, 0.15) is 18.2 Å². The first-order valence-electron chi connectivity index (χ1n) is 9.69. The molecule has 2 aromatic heterocycles. The molecule has 0 saturated carbocycles. The lowest BCUT2D eigenvalue weighted by atomic mass is 10.1. The van der Waals surface area contributed by atoms with Crippen LogP contribution in [-0.4, -0.2) is 46.2 Å². The van der Waals surface area contributed by atoms with Gasteiger partial charge in [-0.3, -0.25) is 14.3 Å². The van der Waals surface area contributed by atoms with Crippen LogP contribution in [0.15, 0.2) is 36.7 Å². The number of aryl methyl sites for hydroxylation is 1. The molecule has 1 amide bonds. The Hall–Kier alpha value is -3.04. The van der Waals surface area contributed by atoms with Crippen molar-refractivity contribution in [2.75, 3.05) is 11.9 Å². The van der Waals surface area contributed by atoms with Crippen molar-refractivity contribution >= 4 is 36.5 Å². The zero-order valence-electron chi connectivity index (χ0n) is 17.6. The first-order chi connectivity index (χ1) is 14.2. The SMILES string of the molecule is Cc1ncc(C(=O)Nc2cc(C(=O)O)cc3cccnc23)n1COCC[Si](C)(C)C. The van der Waals surface area contributed by atoms with Crippen LogP contribution in [0, 0.1) is 6.92 Å². The molecule has 30 heavy (non-hydrogen) atoms. The lowest BCUT2D eigenvalue weighted by Crippen LogP contribution is -2.23. The van der Waals surface area contributed by atoms with Gasteiger partial charge >= 0.3 is 5.97 Å². The molecule has 2 N–H and O–H groups in total. The monoisotopic (exact) mass is 426 g/mol. The van der Waals surface area contributed by atoms with Crippen molar-refractivity contribution < 1.29 is 19.4 Å². The second kappa shape index (κ2) is 8.76. The number of benzene rings is 1. The number of carbonyl (C=O) groups is 2. The van der Waals surface area contributed by atoms with E-state index in [0.717, 1.165) is 6.04 Å². The highest BCUT2D eigenvalue weighted by atomic mass is 28.3. The molecule has 0 radical (unpaired) electrons. The van der Waals surface area contributed by atoms with Gasteiger partial charge in [-0.2, -0.15) is 0 Å². The summed E-state index contributed by atoms with van der Waals surface area (Å²) in [5.74, 6) is -0.817. The van der Waals surface area contributed by atoms with Crippen LogP contribution in [0.2, 0.25) is 25.7 Å². The molecule has 0 bridgehead atoms. The van der Waals surface area contributed by atoms with E-state index in [1.165, 1.54) is 18.3 Å². The molecule has 0 fully saturated rings. The average Bonchev–Trinajstić information content (AvgIpc) is 3.05. The molecule has 0 unspecified atom stereocenters. The fourth-order valence-electron chi connectivity index (χ4n) is 2.94. The van der Waals surface area contributed by atoms with Crippen LogP contribution in [0.25, 0.3) is 10.9 Å². The lowest BCUT2D eigenvalue weighted by molar-refractivity contribution is 0.0696. The highest BCUT2D eigenvalue weighted by Crippen LogP contribution is 2.24.